The Morgan fingerprint density at radius 2 is 1.95 bits per heavy atom. The molecule has 7 heteroatoms. The van der Waals surface area contributed by atoms with Crippen molar-refractivity contribution >= 4 is 11.6 Å². The van der Waals surface area contributed by atoms with Gasteiger partial charge in [-0.25, -0.2) is 8.91 Å². The molecule has 0 aromatic carbocycles. The van der Waals surface area contributed by atoms with Gasteiger partial charge in [-0.2, -0.15) is 4.98 Å². The predicted molar refractivity (Wildman–Crippen MR) is 73.4 cm³/mol. The van der Waals surface area contributed by atoms with E-state index >= 15 is 0 Å². The highest BCUT2D eigenvalue weighted by molar-refractivity contribution is 5.44. The molecule has 2 aromatic rings. The molecule has 106 valence electrons. The van der Waals surface area contributed by atoms with E-state index in [0.717, 1.165) is 39.3 Å². The first-order chi connectivity index (χ1) is 9.79. The number of aromatic nitrogens is 3. The van der Waals surface area contributed by atoms with Crippen LogP contribution in [0.2, 0.25) is 0 Å². The highest BCUT2D eigenvalue weighted by Gasteiger charge is 2.28. The third-order valence-corrected chi connectivity index (χ3v) is 4.16. The van der Waals surface area contributed by atoms with E-state index in [4.69, 9.17) is 0 Å². The van der Waals surface area contributed by atoms with Gasteiger partial charge in [-0.15, -0.1) is 5.10 Å². The average molecular weight is 276 g/mol. The molecule has 2 aliphatic rings. The summed E-state index contributed by atoms with van der Waals surface area (Å²) >= 11 is 0. The van der Waals surface area contributed by atoms with Gasteiger partial charge in [0.15, 0.2) is 5.65 Å². The van der Waals surface area contributed by atoms with Crippen LogP contribution in [0.4, 0.5) is 10.3 Å². The van der Waals surface area contributed by atoms with E-state index in [0.29, 0.717) is 17.6 Å². The van der Waals surface area contributed by atoms with E-state index in [-0.39, 0.29) is 5.82 Å². The fourth-order valence-corrected chi connectivity index (χ4v) is 2.80. The number of nitrogens with one attached hydrogen (secondary N) is 1. The van der Waals surface area contributed by atoms with Gasteiger partial charge in [0.1, 0.15) is 5.82 Å². The first-order valence-electron chi connectivity index (χ1n) is 7.01. The van der Waals surface area contributed by atoms with E-state index in [1.165, 1.54) is 16.8 Å². The zero-order valence-corrected chi connectivity index (χ0v) is 11.2. The molecule has 20 heavy (non-hydrogen) atoms. The second-order valence-corrected chi connectivity index (χ2v) is 5.40. The van der Waals surface area contributed by atoms with E-state index < -0.39 is 0 Å². The lowest BCUT2D eigenvalue weighted by molar-refractivity contribution is 0.137. The van der Waals surface area contributed by atoms with Gasteiger partial charge in [-0.1, -0.05) is 0 Å². The summed E-state index contributed by atoms with van der Waals surface area (Å²) in [6.45, 7) is 6.13. The second-order valence-electron chi connectivity index (χ2n) is 5.40. The largest absolute Gasteiger partial charge is 0.337 e. The van der Waals surface area contributed by atoms with Crippen LogP contribution >= 0.6 is 0 Å². The molecule has 4 heterocycles. The highest BCUT2D eigenvalue weighted by atomic mass is 19.1. The summed E-state index contributed by atoms with van der Waals surface area (Å²) in [5.74, 6) is 0.401. The summed E-state index contributed by atoms with van der Waals surface area (Å²) in [4.78, 5) is 9.15. The molecular weight excluding hydrogens is 259 g/mol. The van der Waals surface area contributed by atoms with Crippen LogP contribution < -0.4 is 10.2 Å². The normalized spacial score (nSPS) is 21.4. The molecule has 0 amide bonds. The molecule has 0 saturated carbocycles. The molecule has 0 spiro atoms. The van der Waals surface area contributed by atoms with Crippen molar-refractivity contribution in [1.29, 1.82) is 0 Å². The van der Waals surface area contributed by atoms with Crippen LogP contribution in [0.5, 0.6) is 0 Å². The summed E-state index contributed by atoms with van der Waals surface area (Å²) < 4.78 is 14.7. The number of fused-ring (bicyclic) bond motifs is 1. The van der Waals surface area contributed by atoms with Crippen molar-refractivity contribution in [2.24, 2.45) is 0 Å². The summed E-state index contributed by atoms with van der Waals surface area (Å²) in [7, 11) is 0. The van der Waals surface area contributed by atoms with Crippen LogP contribution in [0.15, 0.2) is 18.3 Å². The smallest absolute Gasteiger partial charge is 0.245 e. The Morgan fingerprint density at radius 3 is 2.65 bits per heavy atom. The third kappa shape index (κ3) is 2.03. The van der Waals surface area contributed by atoms with Gasteiger partial charge in [0, 0.05) is 45.3 Å². The fourth-order valence-electron chi connectivity index (χ4n) is 2.80. The molecule has 0 unspecified atom stereocenters. The van der Waals surface area contributed by atoms with E-state index in [2.05, 4.69) is 25.2 Å². The van der Waals surface area contributed by atoms with Gasteiger partial charge in [-0.05, 0) is 12.1 Å². The molecule has 2 saturated heterocycles. The first-order valence-corrected chi connectivity index (χ1v) is 7.01. The minimum absolute atomic E-state index is 0.295. The van der Waals surface area contributed by atoms with Gasteiger partial charge in [-0.3, -0.25) is 4.90 Å². The molecule has 2 aliphatic heterocycles. The Balaban J connectivity index is 1.49. The van der Waals surface area contributed by atoms with Gasteiger partial charge < -0.3 is 10.2 Å². The van der Waals surface area contributed by atoms with E-state index in [1.807, 2.05) is 0 Å². The van der Waals surface area contributed by atoms with Crippen molar-refractivity contribution in [2.45, 2.75) is 6.04 Å². The quantitative estimate of drug-likeness (QED) is 0.834. The molecule has 4 rings (SSSR count). The molecule has 0 bridgehead atoms. The van der Waals surface area contributed by atoms with Crippen molar-refractivity contribution < 1.29 is 4.39 Å². The fraction of sp³-hybridized carbons (Fsp3) is 0.538. The maximum atomic E-state index is 13.2. The molecule has 0 aliphatic carbocycles. The van der Waals surface area contributed by atoms with Crippen LogP contribution in [-0.4, -0.2) is 64.8 Å². The molecular formula is C13H17FN6. The summed E-state index contributed by atoms with van der Waals surface area (Å²) in [6.07, 6.45) is 1.36. The molecule has 0 radical (unpaired) electrons. The minimum atomic E-state index is -0.295. The molecule has 1 N–H and O–H groups in total. The van der Waals surface area contributed by atoms with Crippen LogP contribution in [0.1, 0.15) is 0 Å². The van der Waals surface area contributed by atoms with Gasteiger partial charge in [0.2, 0.25) is 5.95 Å². The first kappa shape index (κ1) is 12.0. The Kier molecular flexibility index (Phi) is 2.82. The lowest BCUT2D eigenvalue weighted by atomic mass is 10.1. The Labute approximate surface area is 116 Å². The van der Waals surface area contributed by atoms with Gasteiger partial charge >= 0.3 is 0 Å². The maximum Gasteiger partial charge on any atom is 0.245 e. The van der Waals surface area contributed by atoms with Crippen LogP contribution in [0.25, 0.3) is 5.65 Å². The number of pyridine rings is 1. The molecule has 2 aromatic heterocycles. The summed E-state index contributed by atoms with van der Waals surface area (Å²) in [5.41, 5.74) is 0.687. The SMILES string of the molecule is Fc1ccc2nc(N3CCN(C4CNC4)CC3)nn2c1. The number of hydrogen-bond acceptors (Lipinski definition) is 5. The van der Waals surface area contributed by atoms with E-state index in [1.54, 1.807) is 6.07 Å². The van der Waals surface area contributed by atoms with E-state index in [9.17, 15) is 4.39 Å². The third-order valence-electron chi connectivity index (χ3n) is 4.16. The Morgan fingerprint density at radius 1 is 1.15 bits per heavy atom. The number of piperazine rings is 1. The molecule has 2 fully saturated rings. The number of anilines is 1. The highest BCUT2D eigenvalue weighted by Crippen LogP contribution is 2.16. The van der Waals surface area contributed by atoms with Crippen molar-refractivity contribution in [1.82, 2.24) is 24.8 Å². The monoisotopic (exact) mass is 276 g/mol. The van der Waals surface area contributed by atoms with Gasteiger partial charge in [0.25, 0.3) is 0 Å². The zero-order valence-electron chi connectivity index (χ0n) is 11.2. The lowest BCUT2D eigenvalue weighted by Crippen LogP contribution is -2.61. The number of nitrogens with zero attached hydrogens (tertiary/aromatic N) is 5. The van der Waals surface area contributed by atoms with Crippen molar-refractivity contribution in [3.63, 3.8) is 0 Å². The standard InChI is InChI=1S/C13H17FN6/c14-10-1-2-12-16-13(17-20(12)9-10)19-5-3-18(4-6-19)11-7-15-8-11/h1-2,9,11,15H,3-8H2. The van der Waals surface area contributed by atoms with Crippen molar-refractivity contribution in [3.8, 4) is 0 Å². The molecule has 6 nitrogen and oxygen atoms in total. The Hall–Kier alpha value is -1.73. The van der Waals surface area contributed by atoms with Crippen LogP contribution in [0, 0.1) is 5.82 Å². The van der Waals surface area contributed by atoms with Crippen molar-refractivity contribution in [3.05, 3.63) is 24.1 Å². The minimum Gasteiger partial charge on any atom is -0.337 e. The number of rotatable bonds is 2. The zero-order chi connectivity index (χ0) is 13.5. The topological polar surface area (TPSA) is 48.7 Å². The Bertz CT molecular complexity index is 614. The number of hydrogen-bond donors (Lipinski definition) is 1. The van der Waals surface area contributed by atoms with Crippen LogP contribution in [0.3, 0.4) is 0 Å². The second kappa shape index (κ2) is 4.68. The summed E-state index contributed by atoms with van der Waals surface area (Å²) in [5, 5.41) is 7.67. The lowest BCUT2D eigenvalue weighted by Gasteiger charge is -2.43. The average Bonchev–Trinajstić information content (AvgIpc) is 2.80. The van der Waals surface area contributed by atoms with Gasteiger partial charge in [0.05, 0.1) is 6.20 Å². The molecule has 0 atom stereocenters. The van der Waals surface area contributed by atoms with Crippen LogP contribution in [-0.2, 0) is 0 Å². The summed E-state index contributed by atoms with van der Waals surface area (Å²) in [6, 6.07) is 3.76. The van der Waals surface area contributed by atoms with Crippen molar-refractivity contribution in [2.75, 3.05) is 44.2 Å². The predicted octanol–water partition coefficient (Wildman–Crippen LogP) is -0.0378. The number of halogens is 1. The maximum absolute atomic E-state index is 13.2.